The molecule has 0 aliphatic heterocycles. The van der Waals surface area contributed by atoms with E-state index in [-0.39, 0.29) is 5.54 Å². The molecule has 1 fully saturated rings. The SMILES string of the molecule is O=C=NC1(c2cc(-c3ccccc3)n[nH]2)CC1. The van der Waals surface area contributed by atoms with Crippen LogP contribution in [-0.4, -0.2) is 16.3 Å². The van der Waals surface area contributed by atoms with E-state index in [0.717, 1.165) is 29.8 Å². The molecule has 84 valence electrons. The van der Waals surface area contributed by atoms with Gasteiger partial charge in [0.25, 0.3) is 0 Å². The first-order chi connectivity index (χ1) is 8.34. The van der Waals surface area contributed by atoms with Crippen LogP contribution >= 0.6 is 0 Å². The van der Waals surface area contributed by atoms with E-state index in [4.69, 9.17) is 0 Å². The van der Waals surface area contributed by atoms with Gasteiger partial charge in [0.1, 0.15) is 5.54 Å². The zero-order valence-corrected chi connectivity index (χ0v) is 9.18. The number of hydrogen-bond donors (Lipinski definition) is 1. The Morgan fingerprint density at radius 1 is 1.29 bits per heavy atom. The molecule has 1 heterocycles. The molecule has 0 amide bonds. The van der Waals surface area contributed by atoms with Crippen molar-refractivity contribution in [2.24, 2.45) is 4.99 Å². The molecular formula is C13H11N3O. The third-order valence-electron chi connectivity index (χ3n) is 3.13. The Bertz CT molecular complexity index is 578. The average Bonchev–Trinajstić information content (AvgIpc) is 2.98. The largest absolute Gasteiger partial charge is 0.279 e. The molecule has 1 N–H and O–H groups in total. The summed E-state index contributed by atoms with van der Waals surface area (Å²) in [5.74, 6) is 0. The number of carbonyl (C=O) groups excluding carboxylic acids is 1. The highest BCUT2D eigenvalue weighted by Crippen LogP contribution is 2.48. The third-order valence-corrected chi connectivity index (χ3v) is 3.13. The number of aliphatic imine (C=N–C) groups is 1. The molecule has 0 radical (unpaired) electrons. The van der Waals surface area contributed by atoms with Crippen LogP contribution in [0.2, 0.25) is 0 Å². The van der Waals surface area contributed by atoms with Crippen LogP contribution in [0.15, 0.2) is 41.4 Å². The Morgan fingerprint density at radius 3 is 2.71 bits per heavy atom. The second kappa shape index (κ2) is 3.68. The summed E-state index contributed by atoms with van der Waals surface area (Å²) < 4.78 is 0. The highest BCUT2D eigenvalue weighted by atomic mass is 16.1. The lowest BCUT2D eigenvalue weighted by atomic mass is 10.1. The van der Waals surface area contributed by atoms with E-state index >= 15 is 0 Å². The Labute approximate surface area is 98.4 Å². The van der Waals surface area contributed by atoms with Gasteiger partial charge >= 0.3 is 0 Å². The van der Waals surface area contributed by atoms with Crippen molar-refractivity contribution in [3.05, 3.63) is 42.1 Å². The first-order valence-corrected chi connectivity index (χ1v) is 5.54. The van der Waals surface area contributed by atoms with Crippen molar-refractivity contribution in [2.75, 3.05) is 0 Å². The number of aromatic amines is 1. The number of nitrogens with zero attached hydrogens (tertiary/aromatic N) is 2. The van der Waals surface area contributed by atoms with Gasteiger partial charge < -0.3 is 0 Å². The fraction of sp³-hybridized carbons (Fsp3) is 0.231. The van der Waals surface area contributed by atoms with Crippen LogP contribution in [0.3, 0.4) is 0 Å². The zero-order valence-electron chi connectivity index (χ0n) is 9.18. The maximum atomic E-state index is 10.4. The first-order valence-electron chi connectivity index (χ1n) is 5.54. The second-order valence-corrected chi connectivity index (χ2v) is 4.27. The highest BCUT2D eigenvalue weighted by molar-refractivity contribution is 5.59. The molecule has 1 aliphatic rings. The summed E-state index contributed by atoms with van der Waals surface area (Å²) in [5, 5.41) is 7.23. The van der Waals surface area contributed by atoms with Crippen LogP contribution < -0.4 is 0 Å². The monoisotopic (exact) mass is 225 g/mol. The molecule has 0 unspecified atom stereocenters. The highest BCUT2D eigenvalue weighted by Gasteiger charge is 2.46. The molecule has 4 heteroatoms. The van der Waals surface area contributed by atoms with Gasteiger partial charge in [-0.2, -0.15) is 10.1 Å². The van der Waals surface area contributed by atoms with Crippen LogP contribution in [0.5, 0.6) is 0 Å². The summed E-state index contributed by atoms with van der Waals surface area (Å²) in [6, 6.07) is 11.9. The number of isocyanates is 1. The van der Waals surface area contributed by atoms with E-state index in [1.807, 2.05) is 36.4 Å². The maximum absolute atomic E-state index is 10.4. The zero-order chi connectivity index (χ0) is 11.7. The predicted molar refractivity (Wildman–Crippen MR) is 63.1 cm³/mol. The average molecular weight is 225 g/mol. The Kier molecular flexibility index (Phi) is 2.16. The number of benzene rings is 1. The second-order valence-electron chi connectivity index (χ2n) is 4.27. The van der Waals surface area contributed by atoms with Crippen LogP contribution in [-0.2, 0) is 10.3 Å². The summed E-state index contributed by atoms with van der Waals surface area (Å²) >= 11 is 0. The van der Waals surface area contributed by atoms with Crippen molar-refractivity contribution in [1.29, 1.82) is 0 Å². The van der Waals surface area contributed by atoms with Crippen molar-refractivity contribution in [3.63, 3.8) is 0 Å². The lowest BCUT2D eigenvalue weighted by Gasteiger charge is -2.01. The lowest BCUT2D eigenvalue weighted by Crippen LogP contribution is -2.02. The van der Waals surface area contributed by atoms with Crippen molar-refractivity contribution >= 4 is 6.08 Å². The number of hydrogen-bond acceptors (Lipinski definition) is 3. The van der Waals surface area contributed by atoms with E-state index in [0.29, 0.717) is 0 Å². The van der Waals surface area contributed by atoms with Crippen molar-refractivity contribution in [3.8, 4) is 11.3 Å². The summed E-state index contributed by atoms with van der Waals surface area (Å²) in [7, 11) is 0. The summed E-state index contributed by atoms with van der Waals surface area (Å²) in [6.45, 7) is 0. The van der Waals surface area contributed by atoms with Crippen LogP contribution in [0.1, 0.15) is 18.5 Å². The minimum atomic E-state index is -0.373. The summed E-state index contributed by atoms with van der Waals surface area (Å²) in [6.07, 6.45) is 3.42. The fourth-order valence-corrected chi connectivity index (χ4v) is 1.96. The standard InChI is InChI=1S/C13H11N3O/c17-9-14-13(6-7-13)12-8-11(15-16-12)10-4-2-1-3-5-10/h1-5,8H,6-7H2,(H,15,16). The molecule has 0 saturated heterocycles. The number of aromatic nitrogens is 2. The molecule has 2 aromatic rings. The molecule has 1 saturated carbocycles. The van der Waals surface area contributed by atoms with Gasteiger partial charge in [-0.1, -0.05) is 30.3 Å². The van der Waals surface area contributed by atoms with Crippen LogP contribution in [0.25, 0.3) is 11.3 Å². The van der Waals surface area contributed by atoms with Gasteiger partial charge in [-0.25, -0.2) is 4.79 Å². The molecule has 1 aromatic carbocycles. The van der Waals surface area contributed by atoms with Gasteiger partial charge in [0.05, 0.1) is 11.4 Å². The Morgan fingerprint density at radius 2 is 2.06 bits per heavy atom. The van der Waals surface area contributed by atoms with Gasteiger partial charge in [0.15, 0.2) is 0 Å². The molecule has 0 bridgehead atoms. The van der Waals surface area contributed by atoms with Gasteiger partial charge in [-0.05, 0) is 18.9 Å². The predicted octanol–water partition coefficient (Wildman–Crippen LogP) is 2.40. The van der Waals surface area contributed by atoms with Gasteiger partial charge in [0, 0.05) is 5.56 Å². The fourth-order valence-electron chi connectivity index (χ4n) is 1.96. The maximum Gasteiger partial charge on any atom is 0.235 e. The third kappa shape index (κ3) is 1.69. The van der Waals surface area contributed by atoms with E-state index in [2.05, 4.69) is 15.2 Å². The van der Waals surface area contributed by atoms with E-state index in [1.54, 1.807) is 6.08 Å². The molecule has 4 nitrogen and oxygen atoms in total. The molecule has 1 aromatic heterocycles. The molecule has 3 rings (SSSR count). The van der Waals surface area contributed by atoms with Gasteiger partial charge in [0.2, 0.25) is 6.08 Å². The number of H-pyrrole nitrogens is 1. The Balaban J connectivity index is 1.97. The van der Waals surface area contributed by atoms with E-state index < -0.39 is 0 Å². The van der Waals surface area contributed by atoms with Crippen molar-refractivity contribution < 1.29 is 4.79 Å². The van der Waals surface area contributed by atoms with Crippen molar-refractivity contribution in [1.82, 2.24) is 10.2 Å². The minimum Gasteiger partial charge on any atom is -0.279 e. The van der Waals surface area contributed by atoms with Gasteiger partial charge in [-0.15, -0.1) is 0 Å². The first kappa shape index (κ1) is 10.00. The van der Waals surface area contributed by atoms with Crippen LogP contribution in [0, 0.1) is 0 Å². The Hall–Kier alpha value is -2.19. The van der Waals surface area contributed by atoms with Crippen LogP contribution in [0.4, 0.5) is 0 Å². The smallest absolute Gasteiger partial charge is 0.235 e. The van der Waals surface area contributed by atoms with Crippen molar-refractivity contribution in [2.45, 2.75) is 18.4 Å². The molecule has 17 heavy (non-hydrogen) atoms. The summed E-state index contributed by atoms with van der Waals surface area (Å²) in [4.78, 5) is 14.3. The molecule has 0 atom stereocenters. The lowest BCUT2D eigenvalue weighted by molar-refractivity contribution is 0.555. The molecule has 1 aliphatic carbocycles. The topological polar surface area (TPSA) is 58.1 Å². The number of nitrogens with one attached hydrogen (secondary N) is 1. The molecule has 0 spiro atoms. The minimum absolute atomic E-state index is 0.373. The van der Waals surface area contributed by atoms with Gasteiger partial charge in [-0.3, -0.25) is 5.10 Å². The quantitative estimate of drug-likeness (QED) is 0.644. The molecular weight excluding hydrogens is 214 g/mol. The van der Waals surface area contributed by atoms with E-state index in [9.17, 15) is 4.79 Å². The number of rotatable bonds is 3. The summed E-state index contributed by atoms with van der Waals surface area (Å²) in [5.41, 5.74) is 2.47. The normalized spacial score (nSPS) is 16.2. The van der Waals surface area contributed by atoms with E-state index in [1.165, 1.54) is 0 Å².